The Morgan fingerprint density at radius 2 is 2.19 bits per heavy atom. The van der Waals surface area contributed by atoms with Crippen molar-refractivity contribution in [2.45, 2.75) is 71.6 Å². The van der Waals surface area contributed by atoms with E-state index in [1.165, 1.54) is 0 Å². The molecule has 1 N–H and O–H groups in total. The number of carbonyl (C=O) groups is 1. The third-order valence-corrected chi connectivity index (χ3v) is 3.89. The summed E-state index contributed by atoms with van der Waals surface area (Å²) in [4.78, 5) is 14.0. The van der Waals surface area contributed by atoms with Gasteiger partial charge in [0, 0.05) is 19.1 Å². The van der Waals surface area contributed by atoms with E-state index in [0.29, 0.717) is 12.0 Å². The third kappa shape index (κ3) is 5.97. The van der Waals surface area contributed by atoms with Crippen molar-refractivity contribution in [1.29, 1.82) is 0 Å². The van der Waals surface area contributed by atoms with Crippen LogP contribution in [0, 0.1) is 18.3 Å². The highest BCUT2D eigenvalue weighted by molar-refractivity contribution is 5.68. The number of hydrogen-bond donors (Lipinski definition) is 1. The number of ether oxygens (including phenoxy) is 1. The Hall–Kier alpha value is -1.21. The lowest BCUT2D eigenvalue weighted by Gasteiger charge is -2.37. The van der Waals surface area contributed by atoms with Gasteiger partial charge in [0.25, 0.3) is 0 Å². The summed E-state index contributed by atoms with van der Waals surface area (Å²) in [6.07, 6.45) is 8.36. The van der Waals surface area contributed by atoms with E-state index in [2.05, 4.69) is 25.1 Å². The van der Waals surface area contributed by atoms with Gasteiger partial charge in [0.15, 0.2) is 0 Å². The maximum Gasteiger partial charge on any atom is 0.410 e. The number of piperidine rings is 1. The maximum absolute atomic E-state index is 12.2. The van der Waals surface area contributed by atoms with Gasteiger partial charge in [-0.3, -0.25) is 0 Å². The van der Waals surface area contributed by atoms with Gasteiger partial charge in [0.2, 0.25) is 0 Å². The molecule has 0 spiro atoms. The first-order chi connectivity index (χ1) is 9.76. The Kier molecular flexibility index (Phi) is 6.54. The third-order valence-electron chi connectivity index (χ3n) is 3.89. The van der Waals surface area contributed by atoms with Gasteiger partial charge in [-0.15, -0.1) is 6.42 Å². The van der Waals surface area contributed by atoms with E-state index in [1.807, 2.05) is 25.7 Å². The lowest BCUT2D eigenvalue weighted by molar-refractivity contribution is 0.0147. The molecule has 120 valence electrons. The van der Waals surface area contributed by atoms with Gasteiger partial charge in [-0.05, 0) is 52.9 Å². The van der Waals surface area contributed by atoms with E-state index >= 15 is 0 Å². The zero-order valence-corrected chi connectivity index (χ0v) is 14.1. The van der Waals surface area contributed by atoms with Crippen molar-refractivity contribution in [3.05, 3.63) is 0 Å². The molecule has 1 amide bonds. The number of amides is 1. The zero-order valence-electron chi connectivity index (χ0n) is 14.1. The summed E-state index contributed by atoms with van der Waals surface area (Å²) in [5, 5.41) is 3.48. The smallest absolute Gasteiger partial charge is 0.410 e. The minimum Gasteiger partial charge on any atom is -0.444 e. The predicted octanol–water partition coefficient (Wildman–Crippen LogP) is 3.02. The highest BCUT2D eigenvalue weighted by Crippen LogP contribution is 2.22. The normalized spacial score (nSPS) is 22.3. The van der Waals surface area contributed by atoms with Crippen LogP contribution in [0.4, 0.5) is 4.79 Å². The van der Waals surface area contributed by atoms with Crippen LogP contribution in [0.15, 0.2) is 0 Å². The summed E-state index contributed by atoms with van der Waals surface area (Å²) in [7, 11) is 0. The van der Waals surface area contributed by atoms with Crippen LogP contribution >= 0.6 is 0 Å². The molecule has 1 rings (SSSR count). The standard InChI is InChI=1S/C17H30N2O2/c1-7-15(8-2)18-13(3)14-10-9-11-19(12-14)16(20)21-17(4,5)6/h1,13-15,18H,8-12H2,2-6H3. The largest absolute Gasteiger partial charge is 0.444 e. The molecule has 1 fully saturated rings. The number of rotatable bonds is 4. The van der Waals surface area contributed by atoms with E-state index in [9.17, 15) is 4.79 Å². The van der Waals surface area contributed by atoms with Crippen molar-refractivity contribution in [3.8, 4) is 12.3 Å². The molecular formula is C17H30N2O2. The molecular weight excluding hydrogens is 264 g/mol. The topological polar surface area (TPSA) is 41.6 Å². The van der Waals surface area contributed by atoms with Crippen LogP contribution in [0.5, 0.6) is 0 Å². The van der Waals surface area contributed by atoms with Crippen molar-refractivity contribution in [3.63, 3.8) is 0 Å². The zero-order chi connectivity index (χ0) is 16.0. The molecule has 0 aromatic carbocycles. The number of carbonyl (C=O) groups excluding carboxylic acids is 1. The van der Waals surface area contributed by atoms with Crippen LogP contribution in [-0.2, 0) is 4.74 Å². The van der Waals surface area contributed by atoms with Gasteiger partial charge in [-0.1, -0.05) is 12.8 Å². The van der Waals surface area contributed by atoms with Crippen molar-refractivity contribution in [2.75, 3.05) is 13.1 Å². The van der Waals surface area contributed by atoms with Crippen molar-refractivity contribution < 1.29 is 9.53 Å². The Bertz CT molecular complexity index is 381. The predicted molar refractivity (Wildman–Crippen MR) is 86.0 cm³/mol. The molecule has 4 heteroatoms. The van der Waals surface area contributed by atoms with E-state index in [-0.39, 0.29) is 12.1 Å². The molecule has 1 aliphatic rings. The van der Waals surface area contributed by atoms with Gasteiger partial charge in [-0.2, -0.15) is 0 Å². The van der Waals surface area contributed by atoms with Gasteiger partial charge in [0.05, 0.1) is 6.04 Å². The number of nitrogens with zero attached hydrogens (tertiary/aromatic N) is 1. The van der Waals surface area contributed by atoms with Crippen LogP contribution in [0.3, 0.4) is 0 Å². The fourth-order valence-electron chi connectivity index (χ4n) is 2.65. The Labute approximate surface area is 129 Å². The highest BCUT2D eigenvalue weighted by atomic mass is 16.6. The molecule has 0 aliphatic carbocycles. The Morgan fingerprint density at radius 1 is 1.52 bits per heavy atom. The molecule has 1 heterocycles. The highest BCUT2D eigenvalue weighted by Gasteiger charge is 2.30. The molecule has 21 heavy (non-hydrogen) atoms. The molecule has 3 atom stereocenters. The van der Waals surface area contributed by atoms with E-state index in [0.717, 1.165) is 32.4 Å². The Morgan fingerprint density at radius 3 is 2.71 bits per heavy atom. The quantitative estimate of drug-likeness (QED) is 0.810. The van der Waals surface area contributed by atoms with Crippen LogP contribution in [0.2, 0.25) is 0 Å². The molecule has 3 unspecified atom stereocenters. The van der Waals surface area contributed by atoms with Gasteiger partial charge in [0.1, 0.15) is 5.60 Å². The van der Waals surface area contributed by atoms with Gasteiger partial charge in [-0.25, -0.2) is 4.79 Å². The molecule has 4 nitrogen and oxygen atoms in total. The minimum atomic E-state index is -0.440. The summed E-state index contributed by atoms with van der Waals surface area (Å²) < 4.78 is 5.46. The summed E-state index contributed by atoms with van der Waals surface area (Å²) in [5.41, 5.74) is -0.440. The van der Waals surface area contributed by atoms with Crippen LogP contribution < -0.4 is 5.32 Å². The van der Waals surface area contributed by atoms with Crippen molar-refractivity contribution in [1.82, 2.24) is 10.2 Å². The summed E-state index contributed by atoms with van der Waals surface area (Å²) >= 11 is 0. The average Bonchev–Trinajstić information content (AvgIpc) is 2.42. The van der Waals surface area contributed by atoms with Crippen molar-refractivity contribution >= 4 is 6.09 Å². The van der Waals surface area contributed by atoms with E-state index < -0.39 is 5.60 Å². The molecule has 1 aliphatic heterocycles. The van der Waals surface area contributed by atoms with Crippen LogP contribution in [-0.4, -0.2) is 41.8 Å². The first-order valence-corrected chi connectivity index (χ1v) is 7.97. The monoisotopic (exact) mass is 294 g/mol. The summed E-state index contributed by atoms with van der Waals surface area (Å²) in [5.74, 6) is 3.20. The lowest BCUT2D eigenvalue weighted by atomic mass is 9.91. The number of terminal acetylenes is 1. The second-order valence-corrected chi connectivity index (χ2v) is 6.91. The van der Waals surface area contributed by atoms with E-state index in [4.69, 9.17) is 11.2 Å². The molecule has 0 radical (unpaired) electrons. The van der Waals surface area contributed by atoms with Crippen molar-refractivity contribution in [2.24, 2.45) is 5.92 Å². The van der Waals surface area contributed by atoms with Crippen LogP contribution in [0.1, 0.15) is 53.9 Å². The molecule has 0 bridgehead atoms. The second kappa shape index (κ2) is 7.70. The number of nitrogens with one attached hydrogen (secondary N) is 1. The molecule has 0 aromatic heterocycles. The fourth-order valence-corrected chi connectivity index (χ4v) is 2.65. The molecule has 0 aromatic rings. The first-order valence-electron chi connectivity index (χ1n) is 7.97. The second-order valence-electron chi connectivity index (χ2n) is 6.91. The number of likely N-dealkylation sites (tertiary alicyclic amines) is 1. The first kappa shape index (κ1) is 17.8. The average molecular weight is 294 g/mol. The minimum absolute atomic E-state index is 0.108. The maximum atomic E-state index is 12.2. The van der Waals surface area contributed by atoms with Gasteiger partial charge < -0.3 is 15.0 Å². The Balaban J connectivity index is 2.55. The SMILES string of the molecule is C#CC(CC)NC(C)C1CCCN(C(=O)OC(C)(C)C)C1. The number of hydrogen-bond acceptors (Lipinski definition) is 3. The van der Waals surface area contributed by atoms with Gasteiger partial charge >= 0.3 is 6.09 Å². The summed E-state index contributed by atoms with van der Waals surface area (Å²) in [6.45, 7) is 11.5. The molecule has 0 saturated carbocycles. The molecule has 1 saturated heterocycles. The fraction of sp³-hybridized carbons (Fsp3) is 0.824. The van der Waals surface area contributed by atoms with E-state index in [1.54, 1.807) is 0 Å². The van der Waals surface area contributed by atoms with Crippen LogP contribution in [0.25, 0.3) is 0 Å². The summed E-state index contributed by atoms with van der Waals surface area (Å²) in [6, 6.07) is 0.410. The lowest BCUT2D eigenvalue weighted by Crippen LogP contribution is -2.49.